The number of halogens is 1. The van der Waals surface area contributed by atoms with Crippen LogP contribution in [0.4, 0.5) is 0 Å². The molecule has 0 fully saturated rings. The van der Waals surface area contributed by atoms with E-state index in [0.29, 0.717) is 0 Å². The highest BCUT2D eigenvalue weighted by molar-refractivity contribution is 6.32. The third kappa shape index (κ3) is 3.37. The molecule has 0 saturated carbocycles. The van der Waals surface area contributed by atoms with Crippen LogP contribution in [0.5, 0.6) is 5.75 Å². The van der Waals surface area contributed by atoms with Gasteiger partial charge in [0.05, 0.1) is 10.6 Å². The summed E-state index contributed by atoms with van der Waals surface area (Å²) in [6.45, 7) is 1.60. The zero-order chi connectivity index (χ0) is 13.9. The summed E-state index contributed by atoms with van der Waals surface area (Å²) < 4.78 is 5.39. The zero-order valence-corrected chi connectivity index (χ0v) is 11.1. The molecule has 0 aliphatic carbocycles. The Morgan fingerprint density at radius 1 is 1.39 bits per heavy atom. The average molecular weight is 272 g/mol. The molecule has 1 atom stereocenters. The van der Waals surface area contributed by atoms with Crippen molar-refractivity contribution in [3.8, 4) is 5.75 Å². The van der Waals surface area contributed by atoms with Crippen molar-refractivity contribution in [3.63, 3.8) is 0 Å². The number of carboxylic acid groups (broad SMARTS) is 1. The second-order valence-corrected chi connectivity index (χ2v) is 4.35. The van der Waals surface area contributed by atoms with Crippen LogP contribution in [-0.4, -0.2) is 42.1 Å². The molecule has 1 N–H and O–H groups in total. The van der Waals surface area contributed by atoms with Gasteiger partial charge in [0.2, 0.25) is 0 Å². The molecular weight excluding hydrogens is 258 g/mol. The molecule has 1 unspecified atom stereocenters. The molecule has 98 valence electrons. The van der Waals surface area contributed by atoms with Gasteiger partial charge in [0.25, 0.3) is 5.91 Å². The Kier molecular flexibility index (Phi) is 4.55. The maximum Gasteiger partial charge on any atom is 0.335 e. The van der Waals surface area contributed by atoms with Gasteiger partial charge in [-0.05, 0) is 25.1 Å². The fourth-order valence-corrected chi connectivity index (χ4v) is 1.56. The Hall–Kier alpha value is -1.75. The number of rotatable bonds is 4. The molecule has 0 heterocycles. The first-order chi connectivity index (χ1) is 8.32. The summed E-state index contributed by atoms with van der Waals surface area (Å²) in [6.07, 6.45) is -0.687. The molecule has 0 radical (unpaired) electrons. The number of aromatic carboxylic acids is 1. The van der Waals surface area contributed by atoms with Crippen molar-refractivity contribution < 1.29 is 19.4 Å². The normalized spacial score (nSPS) is 11.8. The van der Waals surface area contributed by atoms with E-state index in [2.05, 4.69) is 0 Å². The Morgan fingerprint density at radius 3 is 2.44 bits per heavy atom. The van der Waals surface area contributed by atoms with E-state index in [9.17, 15) is 9.59 Å². The average Bonchev–Trinajstić information content (AvgIpc) is 2.30. The van der Waals surface area contributed by atoms with Crippen LogP contribution < -0.4 is 4.74 Å². The smallest absolute Gasteiger partial charge is 0.335 e. The van der Waals surface area contributed by atoms with Crippen LogP contribution in [0.1, 0.15) is 17.3 Å². The maximum absolute atomic E-state index is 11.6. The lowest BCUT2D eigenvalue weighted by atomic mass is 10.2. The minimum atomic E-state index is -1.07. The lowest BCUT2D eigenvalue weighted by Gasteiger charge is -2.19. The van der Waals surface area contributed by atoms with Gasteiger partial charge in [0, 0.05) is 14.1 Å². The third-order valence-corrected chi connectivity index (χ3v) is 2.57. The standard InChI is InChI=1S/C12H14ClNO4/c1-7(11(15)14(2)3)18-10-5-4-8(12(16)17)6-9(10)13/h4-7H,1-3H3,(H,16,17). The first-order valence-corrected chi connectivity index (χ1v) is 5.61. The van der Waals surface area contributed by atoms with Gasteiger partial charge >= 0.3 is 5.97 Å². The number of likely N-dealkylation sites (N-methyl/N-ethyl adjacent to an activating group) is 1. The van der Waals surface area contributed by atoms with Gasteiger partial charge in [0.15, 0.2) is 6.10 Å². The van der Waals surface area contributed by atoms with Crippen molar-refractivity contribution >= 4 is 23.5 Å². The van der Waals surface area contributed by atoms with E-state index < -0.39 is 12.1 Å². The molecule has 1 aromatic carbocycles. The van der Waals surface area contributed by atoms with Crippen LogP contribution >= 0.6 is 11.6 Å². The topological polar surface area (TPSA) is 66.8 Å². The largest absolute Gasteiger partial charge is 0.479 e. The van der Waals surface area contributed by atoms with Gasteiger partial charge < -0.3 is 14.7 Å². The molecule has 18 heavy (non-hydrogen) atoms. The monoisotopic (exact) mass is 271 g/mol. The predicted octanol–water partition coefficient (Wildman–Crippen LogP) is 1.89. The summed E-state index contributed by atoms with van der Waals surface area (Å²) in [5.41, 5.74) is 0.0685. The van der Waals surface area contributed by atoms with E-state index in [1.54, 1.807) is 21.0 Å². The van der Waals surface area contributed by atoms with Crippen LogP contribution in [0.25, 0.3) is 0 Å². The van der Waals surface area contributed by atoms with Crippen molar-refractivity contribution in [3.05, 3.63) is 28.8 Å². The van der Waals surface area contributed by atoms with Crippen LogP contribution in [-0.2, 0) is 4.79 Å². The molecule has 0 aromatic heterocycles. The van der Waals surface area contributed by atoms with E-state index in [1.807, 2.05) is 0 Å². The van der Waals surface area contributed by atoms with Crippen LogP contribution in [0.3, 0.4) is 0 Å². The van der Waals surface area contributed by atoms with E-state index in [-0.39, 0.29) is 22.2 Å². The van der Waals surface area contributed by atoms with Crippen LogP contribution in [0.2, 0.25) is 5.02 Å². The van der Waals surface area contributed by atoms with Gasteiger partial charge in [-0.25, -0.2) is 4.79 Å². The number of hydrogen-bond acceptors (Lipinski definition) is 3. The second kappa shape index (κ2) is 5.73. The van der Waals surface area contributed by atoms with Crippen molar-refractivity contribution in [2.45, 2.75) is 13.0 Å². The van der Waals surface area contributed by atoms with Gasteiger partial charge in [-0.3, -0.25) is 4.79 Å². The molecule has 1 amide bonds. The Bertz CT molecular complexity index is 473. The summed E-state index contributed by atoms with van der Waals surface area (Å²) in [7, 11) is 3.24. The first-order valence-electron chi connectivity index (χ1n) is 5.23. The molecule has 0 bridgehead atoms. The maximum atomic E-state index is 11.6. The Balaban J connectivity index is 2.86. The van der Waals surface area contributed by atoms with Crippen molar-refractivity contribution in [2.24, 2.45) is 0 Å². The number of ether oxygens (including phenoxy) is 1. The number of amides is 1. The Labute approximate surface area is 110 Å². The predicted molar refractivity (Wildman–Crippen MR) is 67.2 cm³/mol. The van der Waals surface area contributed by atoms with Crippen molar-refractivity contribution in [1.82, 2.24) is 4.90 Å². The molecule has 0 saturated heterocycles. The third-order valence-electron chi connectivity index (χ3n) is 2.27. The number of benzene rings is 1. The summed E-state index contributed by atoms with van der Waals surface area (Å²) >= 11 is 5.89. The second-order valence-electron chi connectivity index (χ2n) is 3.94. The summed E-state index contributed by atoms with van der Waals surface area (Å²) in [6, 6.07) is 4.09. The van der Waals surface area contributed by atoms with E-state index >= 15 is 0 Å². The molecule has 1 aromatic rings. The first kappa shape index (κ1) is 14.3. The summed E-state index contributed by atoms with van der Waals surface area (Å²) in [5, 5.41) is 8.94. The molecule has 0 spiro atoms. The van der Waals surface area contributed by atoms with Crippen molar-refractivity contribution in [1.29, 1.82) is 0 Å². The lowest BCUT2D eigenvalue weighted by molar-refractivity contribution is -0.135. The SMILES string of the molecule is CC(Oc1ccc(C(=O)O)cc1Cl)C(=O)N(C)C. The van der Waals surface area contributed by atoms with Gasteiger partial charge in [-0.15, -0.1) is 0 Å². The molecule has 0 aliphatic rings. The summed E-state index contributed by atoms with van der Waals surface area (Å²) in [4.78, 5) is 23.7. The van der Waals surface area contributed by atoms with Crippen LogP contribution in [0, 0.1) is 0 Å². The fourth-order valence-electron chi connectivity index (χ4n) is 1.33. The molecule has 1 rings (SSSR count). The molecule has 6 heteroatoms. The van der Waals surface area contributed by atoms with E-state index in [4.69, 9.17) is 21.4 Å². The highest BCUT2D eigenvalue weighted by atomic mass is 35.5. The minimum absolute atomic E-state index is 0.0685. The van der Waals surface area contributed by atoms with E-state index in [1.165, 1.54) is 23.1 Å². The van der Waals surface area contributed by atoms with Gasteiger partial charge in [-0.1, -0.05) is 11.6 Å². The highest BCUT2D eigenvalue weighted by Gasteiger charge is 2.18. The quantitative estimate of drug-likeness (QED) is 0.908. The number of nitrogens with zero attached hydrogens (tertiary/aromatic N) is 1. The summed E-state index contributed by atoms with van der Waals surface area (Å²) in [5.74, 6) is -0.987. The molecule has 0 aliphatic heterocycles. The molecular formula is C12H14ClNO4. The van der Waals surface area contributed by atoms with Crippen molar-refractivity contribution in [2.75, 3.05) is 14.1 Å². The zero-order valence-electron chi connectivity index (χ0n) is 10.3. The number of carbonyl (C=O) groups is 2. The van der Waals surface area contributed by atoms with Gasteiger partial charge in [0.1, 0.15) is 5.75 Å². The fraction of sp³-hybridized carbons (Fsp3) is 0.333. The van der Waals surface area contributed by atoms with E-state index in [0.717, 1.165) is 0 Å². The van der Waals surface area contributed by atoms with Crippen LogP contribution in [0.15, 0.2) is 18.2 Å². The van der Waals surface area contributed by atoms with Gasteiger partial charge in [-0.2, -0.15) is 0 Å². The minimum Gasteiger partial charge on any atom is -0.479 e. The number of hydrogen-bond donors (Lipinski definition) is 1. The molecule has 5 nitrogen and oxygen atoms in total. The number of carbonyl (C=O) groups excluding carboxylic acids is 1. The number of carboxylic acids is 1. The Morgan fingerprint density at radius 2 is 2.00 bits per heavy atom. The highest BCUT2D eigenvalue weighted by Crippen LogP contribution is 2.26. The lowest BCUT2D eigenvalue weighted by Crippen LogP contribution is -2.35.